The number of hydrogen-bond acceptors (Lipinski definition) is 3. The van der Waals surface area contributed by atoms with E-state index in [0.29, 0.717) is 12.1 Å². The molecule has 5 fully saturated rings. The molecule has 0 radical (unpaired) electrons. The average Bonchev–Trinajstić information content (AvgIpc) is 2.88. The first-order valence-corrected chi connectivity index (χ1v) is 13.6. The van der Waals surface area contributed by atoms with Gasteiger partial charge in [0.15, 0.2) is 0 Å². The van der Waals surface area contributed by atoms with Crippen molar-refractivity contribution >= 4 is 23.2 Å². The normalized spacial score (nSPS) is 29.1. The van der Waals surface area contributed by atoms with E-state index in [-0.39, 0.29) is 17.2 Å². The minimum Gasteiger partial charge on any atom is -0.372 e. The van der Waals surface area contributed by atoms with Gasteiger partial charge in [-0.2, -0.15) is 0 Å². The SMILES string of the molecule is O=C(Nc1ccc(N2CCCCC2)cc1)c1ccc(CNC(=O)C23CC4CC(CC(C4)C2)C3)cc1. The molecule has 184 valence electrons. The fraction of sp³-hybridized carbons (Fsp3) is 0.533. The van der Waals surface area contributed by atoms with Crippen LogP contribution >= 0.6 is 0 Å². The third-order valence-corrected chi connectivity index (χ3v) is 9.04. The van der Waals surface area contributed by atoms with Gasteiger partial charge in [-0.25, -0.2) is 0 Å². The molecule has 4 aliphatic carbocycles. The lowest BCUT2D eigenvalue weighted by molar-refractivity contribution is -0.146. The molecule has 35 heavy (non-hydrogen) atoms. The quantitative estimate of drug-likeness (QED) is 0.563. The van der Waals surface area contributed by atoms with Crippen LogP contribution < -0.4 is 15.5 Å². The Labute approximate surface area is 208 Å². The number of piperidine rings is 1. The Morgan fingerprint density at radius 1 is 0.800 bits per heavy atom. The number of benzene rings is 2. The summed E-state index contributed by atoms with van der Waals surface area (Å²) in [5, 5.41) is 6.24. The monoisotopic (exact) mass is 471 g/mol. The molecule has 5 heteroatoms. The highest BCUT2D eigenvalue weighted by molar-refractivity contribution is 6.04. The summed E-state index contributed by atoms with van der Waals surface area (Å²) in [6.45, 7) is 2.75. The lowest BCUT2D eigenvalue weighted by atomic mass is 9.49. The van der Waals surface area contributed by atoms with Crippen molar-refractivity contribution in [1.82, 2.24) is 5.32 Å². The number of carbonyl (C=O) groups is 2. The van der Waals surface area contributed by atoms with Gasteiger partial charge in [0, 0.05) is 42.0 Å². The lowest BCUT2D eigenvalue weighted by Gasteiger charge is -2.55. The van der Waals surface area contributed by atoms with Crippen LogP contribution in [0, 0.1) is 23.2 Å². The summed E-state index contributed by atoms with van der Waals surface area (Å²) < 4.78 is 0. The van der Waals surface area contributed by atoms with Crippen molar-refractivity contribution < 1.29 is 9.59 Å². The smallest absolute Gasteiger partial charge is 0.255 e. The number of rotatable bonds is 6. The van der Waals surface area contributed by atoms with Gasteiger partial charge in [0.1, 0.15) is 0 Å². The number of nitrogens with zero attached hydrogens (tertiary/aromatic N) is 1. The predicted molar refractivity (Wildman–Crippen MR) is 139 cm³/mol. The maximum absolute atomic E-state index is 13.2. The summed E-state index contributed by atoms with van der Waals surface area (Å²) in [5.41, 5.74) is 3.58. The largest absolute Gasteiger partial charge is 0.372 e. The molecule has 2 amide bonds. The number of nitrogens with one attached hydrogen (secondary N) is 2. The van der Waals surface area contributed by atoms with Crippen molar-refractivity contribution in [3.05, 3.63) is 59.7 Å². The molecule has 5 nitrogen and oxygen atoms in total. The Bertz CT molecular complexity index is 1030. The summed E-state index contributed by atoms with van der Waals surface area (Å²) in [6, 6.07) is 15.8. The van der Waals surface area contributed by atoms with Crippen molar-refractivity contribution in [2.75, 3.05) is 23.3 Å². The molecule has 0 spiro atoms. The summed E-state index contributed by atoms with van der Waals surface area (Å²) in [7, 11) is 0. The molecule has 0 atom stereocenters. The summed E-state index contributed by atoms with van der Waals surface area (Å²) in [5.74, 6) is 2.45. The highest BCUT2D eigenvalue weighted by Crippen LogP contribution is 2.60. The molecule has 7 rings (SSSR count). The van der Waals surface area contributed by atoms with Crippen molar-refractivity contribution in [3.8, 4) is 0 Å². The van der Waals surface area contributed by atoms with Gasteiger partial charge in [-0.05, 0) is 118 Å². The molecule has 4 saturated carbocycles. The molecular formula is C30H37N3O2. The van der Waals surface area contributed by atoms with Crippen LogP contribution in [0.15, 0.2) is 48.5 Å². The molecule has 2 aromatic rings. The lowest BCUT2D eigenvalue weighted by Crippen LogP contribution is -2.53. The summed E-state index contributed by atoms with van der Waals surface area (Å²) in [4.78, 5) is 28.4. The predicted octanol–water partition coefficient (Wildman–Crippen LogP) is 5.76. The minimum atomic E-state index is -0.113. The van der Waals surface area contributed by atoms with E-state index >= 15 is 0 Å². The zero-order valence-electron chi connectivity index (χ0n) is 20.6. The molecule has 4 bridgehead atoms. The van der Waals surface area contributed by atoms with Crippen LogP contribution in [0.2, 0.25) is 0 Å². The summed E-state index contributed by atoms with van der Waals surface area (Å²) in [6.07, 6.45) is 11.1. The van der Waals surface area contributed by atoms with Crippen LogP contribution in [0.5, 0.6) is 0 Å². The Balaban J connectivity index is 1.02. The summed E-state index contributed by atoms with van der Waals surface area (Å²) >= 11 is 0. The van der Waals surface area contributed by atoms with Crippen LogP contribution in [-0.2, 0) is 11.3 Å². The highest BCUT2D eigenvalue weighted by atomic mass is 16.2. The van der Waals surface area contributed by atoms with E-state index in [9.17, 15) is 9.59 Å². The van der Waals surface area contributed by atoms with Gasteiger partial charge in [0.25, 0.3) is 5.91 Å². The zero-order valence-corrected chi connectivity index (χ0v) is 20.6. The first kappa shape index (κ1) is 22.6. The van der Waals surface area contributed by atoms with Crippen LogP contribution in [0.1, 0.15) is 73.7 Å². The van der Waals surface area contributed by atoms with E-state index in [0.717, 1.165) is 61.4 Å². The van der Waals surface area contributed by atoms with E-state index in [1.165, 1.54) is 44.2 Å². The minimum absolute atomic E-state index is 0.111. The number of carbonyl (C=O) groups excluding carboxylic acids is 2. The molecule has 0 unspecified atom stereocenters. The van der Waals surface area contributed by atoms with Gasteiger partial charge in [-0.3, -0.25) is 9.59 Å². The maximum atomic E-state index is 13.2. The van der Waals surface area contributed by atoms with E-state index < -0.39 is 0 Å². The Morgan fingerprint density at radius 2 is 1.40 bits per heavy atom. The Morgan fingerprint density at radius 3 is 2.00 bits per heavy atom. The average molecular weight is 472 g/mol. The molecule has 1 aliphatic heterocycles. The van der Waals surface area contributed by atoms with Crippen molar-refractivity contribution in [1.29, 1.82) is 0 Å². The van der Waals surface area contributed by atoms with Crippen LogP contribution in [-0.4, -0.2) is 24.9 Å². The maximum Gasteiger partial charge on any atom is 0.255 e. The molecule has 1 saturated heterocycles. The molecule has 5 aliphatic rings. The molecule has 0 aromatic heterocycles. The van der Waals surface area contributed by atoms with Crippen molar-refractivity contribution in [2.24, 2.45) is 23.2 Å². The highest BCUT2D eigenvalue weighted by Gasteiger charge is 2.54. The third kappa shape index (κ3) is 4.70. The van der Waals surface area contributed by atoms with Gasteiger partial charge >= 0.3 is 0 Å². The zero-order chi connectivity index (χ0) is 23.8. The fourth-order valence-electron chi connectivity index (χ4n) is 7.64. The van der Waals surface area contributed by atoms with Crippen molar-refractivity contribution in [2.45, 2.75) is 64.3 Å². The molecular weight excluding hydrogens is 434 g/mol. The van der Waals surface area contributed by atoms with Gasteiger partial charge in [0.05, 0.1) is 0 Å². The van der Waals surface area contributed by atoms with E-state index in [1.807, 2.05) is 36.4 Å². The Hall–Kier alpha value is -2.82. The van der Waals surface area contributed by atoms with Crippen LogP contribution in [0.3, 0.4) is 0 Å². The first-order valence-electron chi connectivity index (χ1n) is 13.6. The molecule has 2 aromatic carbocycles. The van der Waals surface area contributed by atoms with Crippen molar-refractivity contribution in [3.63, 3.8) is 0 Å². The van der Waals surface area contributed by atoms with E-state index in [1.54, 1.807) is 0 Å². The molecule has 2 N–H and O–H groups in total. The second-order valence-electron chi connectivity index (χ2n) is 11.6. The second kappa shape index (κ2) is 9.33. The van der Waals surface area contributed by atoms with Gasteiger partial charge < -0.3 is 15.5 Å². The number of amides is 2. The standard InChI is InChI=1S/C30H37N3O2/c34-28(32-26-8-10-27(11-9-26)33-12-2-1-3-13-33)25-6-4-21(5-7-25)20-31-29(35)30-17-22-14-23(18-30)16-24(15-22)19-30/h4-11,22-24H,1-3,12-20H2,(H,31,35)(H,32,34). The molecule has 1 heterocycles. The van der Waals surface area contributed by atoms with Crippen LogP contribution in [0.4, 0.5) is 11.4 Å². The van der Waals surface area contributed by atoms with E-state index in [2.05, 4.69) is 27.7 Å². The third-order valence-electron chi connectivity index (χ3n) is 9.04. The van der Waals surface area contributed by atoms with Gasteiger partial charge in [-0.15, -0.1) is 0 Å². The Kier molecular flexibility index (Phi) is 6.03. The fourth-order valence-corrected chi connectivity index (χ4v) is 7.64. The second-order valence-corrected chi connectivity index (χ2v) is 11.6. The van der Waals surface area contributed by atoms with Gasteiger partial charge in [-0.1, -0.05) is 12.1 Å². The first-order chi connectivity index (χ1) is 17.1. The van der Waals surface area contributed by atoms with Crippen LogP contribution in [0.25, 0.3) is 0 Å². The van der Waals surface area contributed by atoms with E-state index in [4.69, 9.17) is 0 Å². The number of anilines is 2. The van der Waals surface area contributed by atoms with Gasteiger partial charge in [0.2, 0.25) is 5.91 Å². The topological polar surface area (TPSA) is 61.4 Å². The number of hydrogen-bond donors (Lipinski definition) is 2.